The number of benzene rings is 2. The number of Topliss-reactive ketones (excluding diaryl/α,β-unsaturated/α-hetero) is 1. The molecule has 0 saturated carbocycles. The molecule has 7 heteroatoms. The minimum absolute atomic E-state index is 0.0526. The molecule has 0 radical (unpaired) electrons. The Morgan fingerprint density at radius 2 is 1.97 bits per heavy atom. The van der Waals surface area contributed by atoms with Gasteiger partial charge >= 0.3 is 0 Å². The molecule has 5 rings (SSSR count). The summed E-state index contributed by atoms with van der Waals surface area (Å²) in [5.41, 5.74) is 2.98. The van der Waals surface area contributed by atoms with Crippen molar-refractivity contribution in [3.05, 3.63) is 94.8 Å². The van der Waals surface area contributed by atoms with E-state index >= 15 is 0 Å². The number of methoxy groups -OCH3 is 1. The quantitative estimate of drug-likeness (QED) is 0.354. The van der Waals surface area contributed by atoms with Gasteiger partial charge in [-0.25, -0.2) is 0 Å². The third-order valence-corrected chi connectivity index (χ3v) is 6.22. The van der Waals surface area contributed by atoms with Crippen LogP contribution in [0.2, 0.25) is 0 Å². The van der Waals surface area contributed by atoms with Crippen LogP contribution < -0.4 is 9.47 Å². The van der Waals surface area contributed by atoms with Crippen LogP contribution in [0.25, 0.3) is 5.76 Å². The maximum Gasteiger partial charge on any atom is 0.295 e. The van der Waals surface area contributed by atoms with Gasteiger partial charge in [-0.1, -0.05) is 18.2 Å². The van der Waals surface area contributed by atoms with E-state index in [9.17, 15) is 14.7 Å². The van der Waals surface area contributed by atoms with E-state index in [1.165, 1.54) is 4.90 Å². The molecule has 0 spiro atoms. The van der Waals surface area contributed by atoms with Gasteiger partial charge in [0.1, 0.15) is 23.4 Å². The second kappa shape index (κ2) is 8.67. The molecule has 7 nitrogen and oxygen atoms in total. The molecule has 1 fully saturated rings. The van der Waals surface area contributed by atoms with Gasteiger partial charge in [0, 0.05) is 30.9 Å². The predicted octanol–water partition coefficient (Wildman–Crippen LogP) is 4.04. The minimum atomic E-state index is -0.755. The van der Waals surface area contributed by atoms with Gasteiger partial charge in [-0.3, -0.25) is 14.6 Å². The fraction of sp³-hybridized carbons (Fsp3) is 0.222. The van der Waals surface area contributed by atoms with Crippen LogP contribution in [0.15, 0.2) is 72.6 Å². The molecule has 1 saturated heterocycles. The van der Waals surface area contributed by atoms with Crippen LogP contribution in [0, 0.1) is 0 Å². The van der Waals surface area contributed by atoms with E-state index in [0.29, 0.717) is 23.3 Å². The number of carbonyl (C=O) groups excluding carboxylic acids is 2. The van der Waals surface area contributed by atoms with Crippen LogP contribution in [-0.2, 0) is 22.6 Å². The van der Waals surface area contributed by atoms with E-state index in [4.69, 9.17) is 9.47 Å². The molecule has 1 amide bonds. The second-order valence-electron chi connectivity index (χ2n) is 8.52. The first kappa shape index (κ1) is 21.7. The smallest absolute Gasteiger partial charge is 0.295 e. The van der Waals surface area contributed by atoms with E-state index in [-0.39, 0.29) is 24.0 Å². The number of hydrogen-bond donors (Lipinski definition) is 1. The first-order valence-electron chi connectivity index (χ1n) is 11.1. The van der Waals surface area contributed by atoms with Gasteiger partial charge < -0.3 is 19.5 Å². The molecule has 2 atom stereocenters. The lowest BCUT2D eigenvalue weighted by molar-refractivity contribution is -0.140. The largest absolute Gasteiger partial charge is 0.507 e. The molecule has 2 aliphatic heterocycles. The number of hydrogen-bond acceptors (Lipinski definition) is 6. The number of ether oxygens (including phenoxy) is 2. The highest BCUT2D eigenvalue weighted by atomic mass is 16.5. The van der Waals surface area contributed by atoms with Crippen LogP contribution in [0.5, 0.6) is 11.5 Å². The van der Waals surface area contributed by atoms with Crippen LogP contribution in [0.3, 0.4) is 0 Å². The molecule has 1 N–H and O–H groups in total. The Labute approximate surface area is 197 Å². The summed E-state index contributed by atoms with van der Waals surface area (Å²) in [6.45, 7) is 2.16. The zero-order valence-corrected chi connectivity index (χ0v) is 18.9. The Morgan fingerprint density at radius 1 is 1.18 bits per heavy atom. The predicted molar refractivity (Wildman–Crippen MR) is 125 cm³/mol. The van der Waals surface area contributed by atoms with Gasteiger partial charge in [-0.05, 0) is 60.0 Å². The van der Waals surface area contributed by atoms with Crippen molar-refractivity contribution in [3.8, 4) is 11.5 Å². The highest BCUT2D eigenvalue weighted by molar-refractivity contribution is 6.46. The number of pyridine rings is 1. The van der Waals surface area contributed by atoms with Crippen LogP contribution in [0.1, 0.15) is 35.2 Å². The number of likely N-dealkylation sites (tertiary alicyclic amines) is 1. The summed E-state index contributed by atoms with van der Waals surface area (Å²) in [7, 11) is 1.57. The average molecular weight is 456 g/mol. The first-order chi connectivity index (χ1) is 16.5. The number of rotatable bonds is 5. The summed E-state index contributed by atoms with van der Waals surface area (Å²) in [5.74, 6) is -0.152. The molecule has 3 aromatic rings. The molecular weight excluding hydrogens is 432 g/mol. The van der Waals surface area contributed by atoms with Crippen molar-refractivity contribution in [2.75, 3.05) is 7.11 Å². The lowest BCUT2D eigenvalue weighted by atomic mass is 9.94. The SMILES string of the molecule is COc1ccc([C@H]2C(=C(O)c3ccc4c(c3)C[C@@H](C)O4)C(=O)C(=O)N2Cc2cccnc2)cc1. The summed E-state index contributed by atoms with van der Waals surface area (Å²) in [6.07, 6.45) is 4.08. The third-order valence-electron chi connectivity index (χ3n) is 6.22. The summed E-state index contributed by atoms with van der Waals surface area (Å²) >= 11 is 0. The van der Waals surface area contributed by atoms with Gasteiger partial charge in [-0.15, -0.1) is 0 Å². The Kier molecular flexibility index (Phi) is 5.53. The monoisotopic (exact) mass is 456 g/mol. The lowest BCUT2D eigenvalue weighted by Crippen LogP contribution is -2.29. The minimum Gasteiger partial charge on any atom is -0.507 e. The average Bonchev–Trinajstić information content (AvgIpc) is 3.35. The van der Waals surface area contributed by atoms with E-state index in [2.05, 4.69) is 4.98 Å². The molecule has 0 unspecified atom stereocenters. The third kappa shape index (κ3) is 3.79. The van der Waals surface area contributed by atoms with Gasteiger partial charge in [0.15, 0.2) is 0 Å². The molecular formula is C27H24N2O5. The van der Waals surface area contributed by atoms with Gasteiger partial charge in [0.25, 0.3) is 11.7 Å². The van der Waals surface area contributed by atoms with Crippen LogP contribution >= 0.6 is 0 Å². The van der Waals surface area contributed by atoms with Crippen molar-refractivity contribution in [2.45, 2.75) is 32.0 Å². The van der Waals surface area contributed by atoms with Gasteiger partial charge in [0.05, 0.1) is 18.7 Å². The van der Waals surface area contributed by atoms with E-state index in [0.717, 1.165) is 16.9 Å². The number of aliphatic hydroxyl groups is 1. The zero-order valence-electron chi connectivity index (χ0n) is 18.9. The fourth-order valence-electron chi connectivity index (χ4n) is 4.59. The van der Waals surface area contributed by atoms with Crippen molar-refractivity contribution in [3.63, 3.8) is 0 Å². The summed E-state index contributed by atoms with van der Waals surface area (Å²) in [5, 5.41) is 11.3. The van der Waals surface area contributed by atoms with Crippen molar-refractivity contribution < 1.29 is 24.2 Å². The maximum absolute atomic E-state index is 13.2. The van der Waals surface area contributed by atoms with Gasteiger partial charge in [0.2, 0.25) is 0 Å². The number of amides is 1. The Morgan fingerprint density at radius 3 is 2.68 bits per heavy atom. The normalized spacial score (nSPS) is 20.8. The van der Waals surface area contributed by atoms with Crippen molar-refractivity contribution in [1.29, 1.82) is 0 Å². The maximum atomic E-state index is 13.2. The fourth-order valence-corrected chi connectivity index (χ4v) is 4.59. The van der Waals surface area contributed by atoms with Crippen molar-refractivity contribution in [2.24, 2.45) is 0 Å². The number of nitrogens with zero attached hydrogens (tertiary/aromatic N) is 2. The Bertz CT molecular complexity index is 1280. The van der Waals surface area contributed by atoms with Crippen molar-refractivity contribution >= 4 is 17.4 Å². The molecule has 2 aliphatic rings. The molecule has 1 aromatic heterocycles. The number of ketones is 1. The molecule has 0 bridgehead atoms. The second-order valence-corrected chi connectivity index (χ2v) is 8.52. The first-order valence-corrected chi connectivity index (χ1v) is 11.1. The van der Waals surface area contributed by atoms with E-state index in [1.807, 2.05) is 19.1 Å². The Hall–Kier alpha value is -4.13. The zero-order chi connectivity index (χ0) is 23.8. The highest BCUT2D eigenvalue weighted by Gasteiger charge is 2.46. The number of aromatic nitrogens is 1. The van der Waals surface area contributed by atoms with Crippen LogP contribution in [0.4, 0.5) is 0 Å². The molecule has 172 valence electrons. The van der Waals surface area contributed by atoms with Crippen LogP contribution in [-0.4, -0.2) is 39.9 Å². The standard InChI is InChI=1S/C27H24N2O5/c1-16-12-20-13-19(7-10-22(20)34-16)25(30)23-24(18-5-8-21(33-2)9-6-18)29(27(32)26(23)31)15-17-4-3-11-28-14-17/h3-11,13-14,16,24,30H,12,15H2,1-2H3/t16-,24+/m1/s1. The highest BCUT2D eigenvalue weighted by Crippen LogP contribution is 2.41. The topological polar surface area (TPSA) is 89.0 Å². The van der Waals surface area contributed by atoms with Crippen molar-refractivity contribution in [1.82, 2.24) is 9.88 Å². The number of fused-ring (bicyclic) bond motifs is 1. The van der Waals surface area contributed by atoms with Gasteiger partial charge in [-0.2, -0.15) is 0 Å². The Balaban J connectivity index is 1.62. The van der Waals surface area contributed by atoms with E-state index < -0.39 is 17.7 Å². The summed E-state index contributed by atoms with van der Waals surface area (Å²) in [4.78, 5) is 32.0. The lowest BCUT2D eigenvalue weighted by Gasteiger charge is -2.25. The molecule has 2 aromatic carbocycles. The summed E-state index contributed by atoms with van der Waals surface area (Å²) in [6, 6.07) is 15.4. The molecule has 3 heterocycles. The number of carbonyl (C=O) groups is 2. The summed E-state index contributed by atoms with van der Waals surface area (Å²) < 4.78 is 11.0. The number of aliphatic hydroxyl groups excluding tert-OH is 1. The van der Waals surface area contributed by atoms with E-state index in [1.54, 1.807) is 62.0 Å². The molecule has 0 aliphatic carbocycles. The molecule has 34 heavy (non-hydrogen) atoms.